The summed E-state index contributed by atoms with van der Waals surface area (Å²) in [6, 6.07) is 2.45. The molecule has 0 radical (unpaired) electrons. The average molecular weight is 363 g/mol. The normalized spacial score (nSPS) is 11.8. The minimum atomic E-state index is -4.62. The fourth-order valence-electron chi connectivity index (χ4n) is 2.07. The molecule has 2 N–H and O–H groups in total. The predicted molar refractivity (Wildman–Crippen MR) is 85.6 cm³/mol. The Hall–Kier alpha value is -1.71. The van der Waals surface area contributed by atoms with Crippen LogP contribution in [-0.2, 0) is 17.5 Å². The van der Waals surface area contributed by atoms with E-state index in [4.69, 9.17) is 4.74 Å². The number of alkyl halides is 3. The minimum Gasteiger partial charge on any atom is -0.383 e. The Bertz CT molecular complexity index is 688. The number of anilines is 1. The number of aromatic nitrogens is 1. The fourth-order valence-corrected chi connectivity index (χ4v) is 2.98. The van der Waals surface area contributed by atoms with Crippen LogP contribution in [0.3, 0.4) is 0 Å². The fraction of sp³-hybridized carbons (Fsp3) is 0.400. The van der Waals surface area contributed by atoms with Crippen LogP contribution in [-0.4, -0.2) is 32.3 Å². The van der Waals surface area contributed by atoms with Gasteiger partial charge in [-0.25, -0.2) is 9.37 Å². The highest BCUT2D eigenvalue weighted by atomic mass is 32.1. The number of ether oxygens (including phenoxy) is 1. The number of nitrogens with zero attached hydrogens (tertiary/aromatic N) is 1. The van der Waals surface area contributed by atoms with E-state index < -0.39 is 17.6 Å². The lowest BCUT2D eigenvalue weighted by atomic mass is 10.1. The first kappa shape index (κ1) is 18.6. The van der Waals surface area contributed by atoms with Gasteiger partial charge in [0.2, 0.25) is 0 Å². The zero-order valence-electron chi connectivity index (χ0n) is 13.1. The Labute approximate surface area is 140 Å². The summed E-state index contributed by atoms with van der Waals surface area (Å²) >= 11 is 1.30. The molecule has 1 heterocycles. The van der Waals surface area contributed by atoms with Crippen LogP contribution in [0.2, 0.25) is 0 Å². The summed E-state index contributed by atoms with van der Waals surface area (Å²) in [5.41, 5.74) is -0.599. The van der Waals surface area contributed by atoms with E-state index >= 15 is 0 Å². The van der Waals surface area contributed by atoms with Crippen LogP contribution in [0.4, 0.5) is 22.7 Å². The highest BCUT2D eigenvalue weighted by Crippen LogP contribution is 2.36. The first-order valence-corrected chi connectivity index (χ1v) is 7.92. The van der Waals surface area contributed by atoms with E-state index in [-0.39, 0.29) is 5.56 Å². The number of thiazole rings is 1. The molecule has 24 heavy (non-hydrogen) atoms. The largest absolute Gasteiger partial charge is 0.416 e. The van der Waals surface area contributed by atoms with E-state index in [2.05, 4.69) is 15.6 Å². The third kappa shape index (κ3) is 4.65. The second kappa shape index (κ2) is 7.91. The topological polar surface area (TPSA) is 46.2 Å². The molecule has 0 atom stereocenters. The van der Waals surface area contributed by atoms with Crippen molar-refractivity contribution in [3.05, 3.63) is 34.5 Å². The molecule has 1 aromatic heterocycles. The summed E-state index contributed by atoms with van der Waals surface area (Å²) in [7, 11) is 3.24. The maximum absolute atomic E-state index is 13.6. The molecule has 0 aliphatic heterocycles. The van der Waals surface area contributed by atoms with Gasteiger partial charge in [0.25, 0.3) is 0 Å². The monoisotopic (exact) mass is 363 g/mol. The van der Waals surface area contributed by atoms with Crippen LogP contribution in [0.25, 0.3) is 11.3 Å². The molecule has 0 fully saturated rings. The van der Waals surface area contributed by atoms with Crippen LogP contribution in [0, 0.1) is 5.82 Å². The molecule has 9 heteroatoms. The van der Waals surface area contributed by atoms with Gasteiger partial charge < -0.3 is 15.4 Å². The van der Waals surface area contributed by atoms with Gasteiger partial charge in [-0.1, -0.05) is 0 Å². The summed E-state index contributed by atoms with van der Waals surface area (Å²) in [6.07, 6.45) is -4.62. The maximum Gasteiger partial charge on any atom is 0.416 e. The lowest BCUT2D eigenvalue weighted by Crippen LogP contribution is -2.18. The van der Waals surface area contributed by atoms with Crippen molar-refractivity contribution in [3.63, 3.8) is 0 Å². The van der Waals surface area contributed by atoms with Gasteiger partial charge in [-0.05, 0) is 18.2 Å². The maximum atomic E-state index is 13.6. The molecule has 0 unspecified atom stereocenters. The highest BCUT2D eigenvalue weighted by molar-refractivity contribution is 7.16. The van der Waals surface area contributed by atoms with Gasteiger partial charge in [0.1, 0.15) is 5.82 Å². The molecule has 0 spiro atoms. The van der Waals surface area contributed by atoms with Crippen molar-refractivity contribution in [2.24, 2.45) is 0 Å². The number of methoxy groups -OCH3 is 1. The second-order valence-electron chi connectivity index (χ2n) is 4.94. The van der Waals surface area contributed by atoms with Gasteiger partial charge in [-0.15, -0.1) is 11.3 Å². The molecular weight excluding hydrogens is 346 g/mol. The second-order valence-corrected chi connectivity index (χ2v) is 6.02. The summed E-state index contributed by atoms with van der Waals surface area (Å²) in [4.78, 5) is 4.98. The van der Waals surface area contributed by atoms with Crippen LogP contribution >= 0.6 is 11.3 Å². The van der Waals surface area contributed by atoms with Crippen molar-refractivity contribution in [1.82, 2.24) is 10.3 Å². The Morgan fingerprint density at radius 2 is 2.00 bits per heavy atom. The van der Waals surface area contributed by atoms with Crippen molar-refractivity contribution in [2.45, 2.75) is 12.7 Å². The number of halogens is 4. The molecular formula is C15H17F4N3OS. The molecule has 0 aliphatic rings. The minimum absolute atomic E-state index is 0.101. The Kier molecular flexibility index (Phi) is 6.14. The molecule has 0 saturated carbocycles. The average Bonchev–Trinajstić information content (AvgIpc) is 2.93. The Morgan fingerprint density at radius 1 is 1.25 bits per heavy atom. The summed E-state index contributed by atoms with van der Waals surface area (Å²) in [6.45, 7) is 1.49. The number of hydrogen-bond acceptors (Lipinski definition) is 5. The number of hydrogen-bond donors (Lipinski definition) is 2. The van der Waals surface area contributed by atoms with Crippen molar-refractivity contribution in [1.29, 1.82) is 0 Å². The molecule has 0 saturated heterocycles. The molecule has 0 amide bonds. The van der Waals surface area contributed by atoms with Gasteiger partial charge in [-0.2, -0.15) is 13.2 Å². The first-order valence-electron chi connectivity index (χ1n) is 7.10. The molecule has 132 valence electrons. The smallest absolute Gasteiger partial charge is 0.383 e. The SMILES string of the molecule is CNc1nc(-c2cc(F)cc(C(F)(F)F)c2)c(CNCCOC)s1. The molecule has 0 bridgehead atoms. The Morgan fingerprint density at radius 3 is 2.62 bits per heavy atom. The van der Waals surface area contributed by atoms with E-state index in [1.807, 2.05) is 0 Å². The molecule has 0 aliphatic carbocycles. The third-order valence-electron chi connectivity index (χ3n) is 3.18. The van der Waals surface area contributed by atoms with Crippen LogP contribution < -0.4 is 10.6 Å². The van der Waals surface area contributed by atoms with E-state index in [9.17, 15) is 17.6 Å². The molecule has 2 rings (SSSR count). The standard InChI is InChI=1S/C15H17F4N3OS/c1-20-14-22-13(12(24-14)8-21-3-4-23-2)9-5-10(15(17,18)19)7-11(16)6-9/h5-7,21H,3-4,8H2,1-2H3,(H,20,22). The van der Waals surface area contributed by atoms with Gasteiger partial charge in [0.15, 0.2) is 5.13 Å². The van der Waals surface area contributed by atoms with Crippen molar-refractivity contribution >= 4 is 16.5 Å². The zero-order chi connectivity index (χ0) is 17.7. The predicted octanol–water partition coefficient (Wildman–Crippen LogP) is 3.75. The lowest BCUT2D eigenvalue weighted by molar-refractivity contribution is -0.137. The van der Waals surface area contributed by atoms with Gasteiger partial charge >= 0.3 is 6.18 Å². The number of nitrogens with one attached hydrogen (secondary N) is 2. The molecule has 1 aromatic carbocycles. The van der Waals surface area contributed by atoms with E-state index in [1.165, 1.54) is 11.3 Å². The van der Waals surface area contributed by atoms with Gasteiger partial charge in [0.05, 0.1) is 17.9 Å². The highest BCUT2D eigenvalue weighted by Gasteiger charge is 2.32. The van der Waals surface area contributed by atoms with E-state index in [0.29, 0.717) is 41.5 Å². The van der Waals surface area contributed by atoms with Crippen molar-refractivity contribution in [3.8, 4) is 11.3 Å². The Balaban J connectivity index is 2.36. The van der Waals surface area contributed by atoms with E-state index in [0.717, 1.165) is 12.1 Å². The summed E-state index contributed by atoms with van der Waals surface area (Å²) in [5, 5.41) is 6.52. The lowest BCUT2D eigenvalue weighted by Gasteiger charge is -2.10. The van der Waals surface area contributed by atoms with Gasteiger partial charge in [-0.3, -0.25) is 0 Å². The third-order valence-corrected chi connectivity index (χ3v) is 4.25. The van der Waals surface area contributed by atoms with Crippen molar-refractivity contribution in [2.75, 3.05) is 32.6 Å². The van der Waals surface area contributed by atoms with Crippen LogP contribution in [0.15, 0.2) is 18.2 Å². The zero-order valence-corrected chi connectivity index (χ0v) is 13.9. The number of benzene rings is 1. The van der Waals surface area contributed by atoms with Crippen LogP contribution in [0.5, 0.6) is 0 Å². The summed E-state index contributed by atoms with van der Waals surface area (Å²) < 4.78 is 57.3. The number of rotatable bonds is 7. The quantitative estimate of drug-likeness (QED) is 0.581. The van der Waals surface area contributed by atoms with Crippen molar-refractivity contribution < 1.29 is 22.3 Å². The van der Waals surface area contributed by atoms with E-state index in [1.54, 1.807) is 14.2 Å². The van der Waals surface area contributed by atoms with Crippen LogP contribution in [0.1, 0.15) is 10.4 Å². The molecule has 4 nitrogen and oxygen atoms in total. The van der Waals surface area contributed by atoms with Gasteiger partial charge in [0, 0.05) is 37.7 Å². The first-order chi connectivity index (χ1) is 11.3. The summed E-state index contributed by atoms with van der Waals surface area (Å²) in [5.74, 6) is -0.947. The molecule has 2 aromatic rings.